The maximum Gasteiger partial charge on any atom is 0.252 e. The molecule has 6 nitrogen and oxygen atoms in total. The van der Waals surface area contributed by atoms with Crippen LogP contribution < -0.4 is 4.80 Å². The first kappa shape index (κ1) is 23.5. The average Bonchev–Trinajstić information content (AvgIpc) is 3.14. The first-order chi connectivity index (χ1) is 15.4. The molecule has 1 atom stereocenters. The van der Waals surface area contributed by atoms with Crippen LogP contribution in [0.4, 0.5) is 0 Å². The molecule has 170 valence electrons. The minimum atomic E-state index is -3.63. The topological polar surface area (TPSA) is 71.7 Å². The first-order valence-electron chi connectivity index (χ1n) is 10.3. The maximum atomic E-state index is 13.1. The highest BCUT2D eigenvalue weighted by molar-refractivity contribution is 7.98. The van der Waals surface area contributed by atoms with E-state index < -0.39 is 15.9 Å². The molecule has 1 aromatic heterocycles. The Morgan fingerprint density at radius 1 is 1.25 bits per heavy atom. The number of hydrogen-bond acceptors (Lipinski definition) is 5. The molecular formula is C22H24ClN3O3S3. The highest BCUT2D eigenvalue weighted by Crippen LogP contribution is 2.25. The van der Waals surface area contributed by atoms with E-state index in [-0.39, 0.29) is 17.3 Å². The summed E-state index contributed by atoms with van der Waals surface area (Å²) in [6, 6.07) is 14.0. The molecule has 1 amide bonds. The molecule has 2 heterocycles. The second-order valence-electron chi connectivity index (χ2n) is 7.61. The second-order valence-corrected chi connectivity index (χ2v) is 12.0. The number of sulfonamides is 1. The largest absolute Gasteiger partial charge is 0.316 e. The number of amides is 1. The van der Waals surface area contributed by atoms with Crippen molar-refractivity contribution in [3.05, 3.63) is 58.4 Å². The van der Waals surface area contributed by atoms with Crippen molar-refractivity contribution < 1.29 is 13.2 Å². The molecule has 1 fully saturated rings. The Hall–Kier alpha value is -1.65. The van der Waals surface area contributed by atoms with Gasteiger partial charge in [0.15, 0.2) is 4.80 Å². The summed E-state index contributed by atoms with van der Waals surface area (Å²) in [6.07, 6.45) is 3.30. The number of benzene rings is 2. The number of carbonyl (C=O) groups excluding carboxylic acids is 1. The van der Waals surface area contributed by atoms with Gasteiger partial charge in [-0.2, -0.15) is 21.1 Å². The van der Waals surface area contributed by atoms with Gasteiger partial charge in [0.05, 0.1) is 21.0 Å². The van der Waals surface area contributed by atoms with Crippen molar-refractivity contribution in [3.8, 4) is 0 Å². The number of piperidine rings is 1. The molecule has 1 saturated heterocycles. The number of aromatic nitrogens is 1. The van der Waals surface area contributed by atoms with Gasteiger partial charge < -0.3 is 4.57 Å². The Kier molecular flexibility index (Phi) is 7.41. The minimum Gasteiger partial charge on any atom is -0.316 e. The number of thiazole rings is 1. The zero-order valence-electron chi connectivity index (χ0n) is 17.6. The van der Waals surface area contributed by atoms with Crippen molar-refractivity contribution in [1.82, 2.24) is 8.87 Å². The monoisotopic (exact) mass is 509 g/mol. The zero-order valence-corrected chi connectivity index (χ0v) is 20.8. The van der Waals surface area contributed by atoms with Gasteiger partial charge >= 0.3 is 0 Å². The lowest BCUT2D eigenvalue weighted by atomic mass is 9.99. The molecule has 1 unspecified atom stereocenters. The standard InChI is InChI=1S/C22H24ClN3O3S3/c1-30-13-12-26-19-10-9-17(23)14-20(19)31-22(26)24-21(27)16-6-5-11-25(15-16)32(28,29)18-7-3-2-4-8-18/h2-4,7-10,14,16H,5-6,11-13,15H2,1H3. The number of nitrogens with zero attached hydrogens (tertiary/aromatic N) is 3. The van der Waals surface area contributed by atoms with Crippen LogP contribution in [0.5, 0.6) is 0 Å². The van der Waals surface area contributed by atoms with Gasteiger partial charge in [-0.15, -0.1) is 0 Å². The quantitative estimate of drug-likeness (QED) is 0.498. The van der Waals surface area contributed by atoms with Gasteiger partial charge in [0.25, 0.3) is 5.91 Å². The van der Waals surface area contributed by atoms with E-state index in [1.165, 1.54) is 15.6 Å². The Morgan fingerprint density at radius 3 is 2.78 bits per heavy atom. The molecule has 2 aromatic carbocycles. The van der Waals surface area contributed by atoms with E-state index >= 15 is 0 Å². The fourth-order valence-corrected chi connectivity index (χ4v) is 7.07. The number of hydrogen-bond donors (Lipinski definition) is 0. The lowest BCUT2D eigenvalue weighted by molar-refractivity contribution is -0.122. The van der Waals surface area contributed by atoms with Gasteiger partial charge in [-0.1, -0.05) is 41.1 Å². The summed E-state index contributed by atoms with van der Waals surface area (Å²) in [5, 5.41) is 0.641. The molecule has 0 aliphatic carbocycles. The van der Waals surface area contributed by atoms with Crippen LogP contribution in [0, 0.1) is 5.92 Å². The van der Waals surface area contributed by atoms with E-state index in [4.69, 9.17) is 11.6 Å². The summed E-state index contributed by atoms with van der Waals surface area (Å²) < 4.78 is 30.4. The van der Waals surface area contributed by atoms with Crippen LogP contribution in [0.1, 0.15) is 12.8 Å². The highest BCUT2D eigenvalue weighted by atomic mass is 35.5. The van der Waals surface area contributed by atoms with Gasteiger partial charge in [-0.25, -0.2) is 8.42 Å². The third-order valence-corrected chi connectivity index (χ3v) is 9.23. The average molecular weight is 510 g/mol. The Morgan fingerprint density at radius 2 is 2.03 bits per heavy atom. The highest BCUT2D eigenvalue weighted by Gasteiger charge is 2.33. The van der Waals surface area contributed by atoms with E-state index in [0.29, 0.717) is 29.2 Å². The number of thioether (sulfide) groups is 1. The third-order valence-electron chi connectivity index (χ3n) is 5.48. The smallest absolute Gasteiger partial charge is 0.252 e. The predicted molar refractivity (Wildman–Crippen MR) is 132 cm³/mol. The van der Waals surface area contributed by atoms with E-state index in [1.54, 1.807) is 42.1 Å². The van der Waals surface area contributed by atoms with Crippen LogP contribution in [0.2, 0.25) is 5.02 Å². The Labute approximate surface area is 201 Å². The van der Waals surface area contributed by atoms with E-state index in [1.807, 2.05) is 29.0 Å². The van der Waals surface area contributed by atoms with Crippen LogP contribution in [0.3, 0.4) is 0 Å². The van der Waals surface area contributed by atoms with E-state index in [9.17, 15) is 13.2 Å². The van der Waals surface area contributed by atoms with Crippen LogP contribution in [-0.4, -0.2) is 48.3 Å². The molecule has 0 N–H and O–H groups in total. The van der Waals surface area contributed by atoms with Gasteiger partial charge in [-0.05, 0) is 49.4 Å². The summed E-state index contributed by atoms with van der Waals surface area (Å²) in [5.74, 6) is 0.168. The second kappa shape index (κ2) is 10.1. The summed E-state index contributed by atoms with van der Waals surface area (Å²) in [7, 11) is -3.63. The van der Waals surface area contributed by atoms with Crippen molar-refractivity contribution in [3.63, 3.8) is 0 Å². The normalized spacial score (nSPS) is 18.3. The van der Waals surface area contributed by atoms with Crippen LogP contribution >= 0.6 is 34.7 Å². The number of fused-ring (bicyclic) bond motifs is 1. The van der Waals surface area contributed by atoms with Crippen molar-refractivity contribution >= 4 is 60.8 Å². The number of aryl methyl sites for hydroxylation is 1. The van der Waals surface area contributed by atoms with Crippen molar-refractivity contribution in [2.24, 2.45) is 10.9 Å². The summed E-state index contributed by atoms with van der Waals surface area (Å²) in [4.78, 5) is 18.5. The van der Waals surface area contributed by atoms with Gasteiger partial charge in [0.1, 0.15) is 0 Å². The van der Waals surface area contributed by atoms with Crippen molar-refractivity contribution in [2.45, 2.75) is 24.3 Å². The Balaban J connectivity index is 1.62. The molecule has 1 aliphatic rings. The predicted octanol–water partition coefficient (Wildman–Crippen LogP) is 4.25. The molecule has 1 aliphatic heterocycles. The van der Waals surface area contributed by atoms with Gasteiger partial charge in [-0.3, -0.25) is 4.79 Å². The first-order valence-corrected chi connectivity index (χ1v) is 14.3. The fraction of sp³-hybridized carbons (Fsp3) is 0.364. The van der Waals surface area contributed by atoms with Gasteiger partial charge in [0, 0.05) is 30.4 Å². The maximum absolute atomic E-state index is 13.1. The fourth-order valence-electron chi connectivity index (χ4n) is 3.82. The number of rotatable bonds is 6. The van der Waals surface area contributed by atoms with E-state index in [0.717, 1.165) is 22.5 Å². The number of carbonyl (C=O) groups is 1. The van der Waals surface area contributed by atoms with Gasteiger partial charge in [0.2, 0.25) is 10.0 Å². The summed E-state index contributed by atoms with van der Waals surface area (Å²) >= 11 is 9.31. The zero-order chi connectivity index (χ0) is 22.7. The Bertz CT molecular complexity index is 1290. The molecule has 0 spiro atoms. The molecule has 4 rings (SSSR count). The lowest BCUT2D eigenvalue weighted by Gasteiger charge is -2.30. The molecule has 0 radical (unpaired) electrons. The number of halogens is 1. The van der Waals surface area contributed by atoms with Crippen LogP contribution in [0.15, 0.2) is 58.4 Å². The minimum absolute atomic E-state index is 0.154. The van der Waals surface area contributed by atoms with E-state index in [2.05, 4.69) is 4.99 Å². The van der Waals surface area contributed by atoms with Crippen LogP contribution in [0.25, 0.3) is 10.2 Å². The summed E-state index contributed by atoms with van der Waals surface area (Å²) in [6.45, 7) is 1.30. The molecular weight excluding hydrogens is 486 g/mol. The van der Waals surface area contributed by atoms with Crippen molar-refractivity contribution in [2.75, 3.05) is 25.1 Å². The molecule has 3 aromatic rings. The molecule has 0 bridgehead atoms. The lowest BCUT2D eigenvalue weighted by Crippen LogP contribution is -2.42. The SMILES string of the molecule is CSCCn1c(=NC(=O)C2CCCN(S(=O)(=O)c3ccccc3)C2)sc2cc(Cl)ccc21. The third kappa shape index (κ3) is 4.97. The summed E-state index contributed by atoms with van der Waals surface area (Å²) in [5.41, 5.74) is 0.997. The van der Waals surface area contributed by atoms with Crippen LogP contribution in [-0.2, 0) is 21.4 Å². The molecule has 10 heteroatoms. The van der Waals surface area contributed by atoms with Crippen molar-refractivity contribution in [1.29, 1.82) is 0 Å². The molecule has 32 heavy (non-hydrogen) atoms. The molecule has 0 saturated carbocycles.